The summed E-state index contributed by atoms with van der Waals surface area (Å²) in [7, 11) is 0. The Bertz CT molecular complexity index is 1240. The highest BCUT2D eigenvalue weighted by Crippen LogP contribution is 2.18. The number of hydrogen-bond acceptors (Lipinski definition) is 7. The topological polar surface area (TPSA) is 215 Å². The highest BCUT2D eigenvalue weighted by molar-refractivity contribution is 5.94. The van der Waals surface area contributed by atoms with Crippen LogP contribution in [0.4, 0.5) is 0 Å². The summed E-state index contributed by atoms with van der Waals surface area (Å²) < 4.78 is 0. The van der Waals surface area contributed by atoms with Crippen LogP contribution in [-0.2, 0) is 32.0 Å². The third-order valence-electron chi connectivity index (χ3n) is 5.86. The molecule has 0 saturated carbocycles. The maximum atomic E-state index is 13.0. The number of aromatic nitrogens is 3. The number of aliphatic hydroxyl groups is 1. The summed E-state index contributed by atoms with van der Waals surface area (Å²) in [5.74, 6) is -3.52. The van der Waals surface area contributed by atoms with E-state index >= 15 is 0 Å². The Balaban J connectivity index is 1.69. The van der Waals surface area contributed by atoms with Crippen molar-refractivity contribution in [2.75, 3.05) is 0 Å². The molecule has 0 radical (unpaired) electrons. The van der Waals surface area contributed by atoms with E-state index in [1.165, 1.54) is 26.4 Å². The molecule has 198 valence electrons. The minimum Gasteiger partial charge on any atom is -0.480 e. The number of aromatic amines is 2. The second-order valence-corrected chi connectivity index (χ2v) is 8.81. The maximum Gasteiger partial charge on any atom is 0.325 e. The molecular formula is C24H31N7O6. The molecule has 3 amide bonds. The lowest BCUT2D eigenvalue weighted by atomic mass is 10.0. The van der Waals surface area contributed by atoms with Gasteiger partial charge in [-0.25, -0.2) is 4.98 Å². The Hall–Kier alpha value is -4.23. The van der Waals surface area contributed by atoms with Crippen LogP contribution >= 0.6 is 0 Å². The zero-order valence-electron chi connectivity index (χ0n) is 20.4. The Labute approximate surface area is 212 Å². The molecule has 3 rings (SSSR count). The largest absolute Gasteiger partial charge is 0.480 e. The minimum absolute atomic E-state index is 0.0372. The number of carboxylic acids is 1. The van der Waals surface area contributed by atoms with Crippen molar-refractivity contribution in [3.8, 4) is 0 Å². The van der Waals surface area contributed by atoms with Gasteiger partial charge in [-0.15, -0.1) is 0 Å². The quantitative estimate of drug-likeness (QED) is 0.149. The Morgan fingerprint density at radius 2 is 1.73 bits per heavy atom. The number of carbonyl (C=O) groups is 4. The number of carbonyl (C=O) groups excluding carboxylic acids is 3. The molecule has 0 spiro atoms. The van der Waals surface area contributed by atoms with Crippen molar-refractivity contribution in [3.63, 3.8) is 0 Å². The van der Waals surface area contributed by atoms with E-state index in [-0.39, 0.29) is 12.8 Å². The first-order valence-electron chi connectivity index (χ1n) is 11.7. The third-order valence-corrected chi connectivity index (χ3v) is 5.86. The number of carboxylic acid groups (broad SMARTS) is 1. The van der Waals surface area contributed by atoms with Crippen LogP contribution in [0.2, 0.25) is 0 Å². The molecule has 13 nitrogen and oxygen atoms in total. The Kier molecular flexibility index (Phi) is 8.98. The molecule has 0 aliphatic carbocycles. The average Bonchev–Trinajstić information content (AvgIpc) is 3.51. The molecule has 5 atom stereocenters. The molecule has 1 aromatic carbocycles. The van der Waals surface area contributed by atoms with Gasteiger partial charge < -0.3 is 41.9 Å². The molecule has 0 aliphatic heterocycles. The first kappa shape index (κ1) is 27.4. The number of nitrogens with zero attached hydrogens (tertiary/aromatic N) is 1. The van der Waals surface area contributed by atoms with Gasteiger partial charge >= 0.3 is 5.97 Å². The Morgan fingerprint density at radius 3 is 2.38 bits per heavy atom. The first-order valence-corrected chi connectivity index (χ1v) is 11.7. The van der Waals surface area contributed by atoms with Gasteiger partial charge in [0.25, 0.3) is 0 Å². The van der Waals surface area contributed by atoms with Crippen LogP contribution in [0.25, 0.3) is 10.9 Å². The number of aliphatic hydroxyl groups excluding tert-OH is 1. The number of nitrogens with two attached hydrogens (primary N) is 1. The van der Waals surface area contributed by atoms with E-state index in [1.807, 2.05) is 24.3 Å². The molecule has 13 heteroatoms. The standard InChI is InChI=1S/C24H31N7O6/c1-12(24(36)37)29-22(34)19(8-15-10-26-11-28-15)30-23(35)20(13(2)32)31-21(33)17(25)7-14-9-27-18-6-4-3-5-16(14)18/h3-6,9-13,17,19-20,27,32H,7-8,25H2,1-2H3,(H,26,28)(H,29,34)(H,30,35)(H,31,33)(H,36,37). The smallest absolute Gasteiger partial charge is 0.325 e. The number of benzene rings is 1. The number of para-hydroxylation sites is 1. The molecule has 0 fully saturated rings. The predicted octanol–water partition coefficient (Wildman–Crippen LogP) is -1.06. The van der Waals surface area contributed by atoms with Crippen molar-refractivity contribution < 1.29 is 29.4 Å². The fourth-order valence-electron chi connectivity index (χ4n) is 3.76. The van der Waals surface area contributed by atoms with Crippen LogP contribution in [0, 0.1) is 0 Å². The molecule has 9 N–H and O–H groups in total. The highest BCUT2D eigenvalue weighted by atomic mass is 16.4. The number of fused-ring (bicyclic) bond motifs is 1. The number of imidazole rings is 1. The van der Waals surface area contributed by atoms with Gasteiger partial charge in [0, 0.05) is 35.4 Å². The number of H-pyrrole nitrogens is 2. The van der Waals surface area contributed by atoms with E-state index in [2.05, 4.69) is 30.9 Å². The van der Waals surface area contributed by atoms with Crippen molar-refractivity contribution >= 4 is 34.6 Å². The first-order chi connectivity index (χ1) is 17.6. The average molecular weight is 514 g/mol. The van der Waals surface area contributed by atoms with Crippen molar-refractivity contribution in [2.45, 2.75) is 57.0 Å². The van der Waals surface area contributed by atoms with Crippen LogP contribution < -0.4 is 21.7 Å². The highest BCUT2D eigenvalue weighted by Gasteiger charge is 2.32. The summed E-state index contributed by atoms with van der Waals surface area (Å²) in [6.45, 7) is 2.59. The summed E-state index contributed by atoms with van der Waals surface area (Å²) in [6.07, 6.45) is 3.42. The van der Waals surface area contributed by atoms with Crippen LogP contribution in [-0.4, -0.2) is 79.1 Å². The predicted molar refractivity (Wildman–Crippen MR) is 133 cm³/mol. The third kappa shape index (κ3) is 7.15. The second-order valence-electron chi connectivity index (χ2n) is 8.81. The van der Waals surface area contributed by atoms with Gasteiger partial charge in [-0.1, -0.05) is 18.2 Å². The lowest BCUT2D eigenvalue weighted by Gasteiger charge is -2.26. The van der Waals surface area contributed by atoms with Gasteiger partial charge in [0.15, 0.2) is 0 Å². The van der Waals surface area contributed by atoms with Gasteiger partial charge in [-0.05, 0) is 31.9 Å². The molecule has 0 aliphatic rings. The molecule has 37 heavy (non-hydrogen) atoms. The fraction of sp³-hybridized carbons (Fsp3) is 0.375. The fourth-order valence-corrected chi connectivity index (χ4v) is 3.76. The molecule has 5 unspecified atom stereocenters. The van der Waals surface area contributed by atoms with Crippen LogP contribution in [0.3, 0.4) is 0 Å². The van der Waals surface area contributed by atoms with Crippen LogP contribution in [0.5, 0.6) is 0 Å². The summed E-state index contributed by atoms with van der Waals surface area (Å²) in [5, 5.41) is 27.5. The monoisotopic (exact) mass is 513 g/mol. The SMILES string of the molecule is CC(NC(=O)C(Cc1cnc[nH]1)NC(=O)C(NC(=O)C(N)Cc1c[nH]c2ccccc12)C(C)O)C(=O)O. The van der Waals surface area contributed by atoms with Gasteiger partial charge in [-0.3, -0.25) is 19.2 Å². The normalized spacial score (nSPS) is 15.2. The molecule has 2 aromatic heterocycles. The van der Waals surface area contributed by atoms with E-state index in [0.29, 0.717) is 5.69 Å². The van der Waals surface area contributed by atoms with Crippen molar-refractivity contribution in [1.82, 2.24) is 30.9 Å². The minimum atomic E-state index is -1.42. The number of amides is 3. The summed E-state index contributed by atoms with van der Waals surface area (Å²) >= 11 is 0. The second kappa shape index (κ2) is 12.1. The van der Waals surface area contributed by atoms with Crippen LogP contribution in [0.1, 0.15) is 25.1 Å². The zero-order chi connectivity index (χ0) is 27.1. The molecular weight excluding hydrogens is 482 g/mol. The van der Waals surface area contributed by atoms with Gasteiger partial charge in [0.1, 0.15) is 18.1 Å². The summed E-state index contributed by atoms with van der Waals surface area (Å²) in [6, 6.07) is 2.68. The number of nitrogens with one attached hydrogen (secondary N) is 5. The van der Waals surface area contributed by atoms with E-state index in [9.17, 15) is 24.3 Å². The summed E-state index contributed by atoms with van der Waals surface area (Å²) in [4.78, 5) is 59.5. The zero-order valence-corrected chi connectivity index (χ0v) is 20.4. The number of aliphatic carboxylic acids is 1. The van der Waals surface area contributed by atoms with Crippen molar-refractivity contribution in [2.24, 2.45) is 5.73 Å². The molecule has 2 heterocycles. The lowest BCUT2D eigenvalue weighted by Crippen LogP contribution is -2.60. The number of hydrogen-bond donors (Lipinski definition) is 8. The van der Waals surface area contributed by atoms with E-state index in [4.69, 9.17) is 10.8 Å². The van der Waals surface area contributed by atoms with Gasteiger partial charge in [0.05, 0.1) is 18.5 Å². The maximum absolute atomic E-state index is 13.0. The van der Waals surface area contributed by atoms with E-state index in [0.717, 1.165) is 16.5 Å². The number of rotatable bonds is 12. The Morgan fingerprint density at radius 1 is 1.00 bits per heavy atom. The van der Waals surface area contributed by atoms with Gasteiger partial charge in [-0.2, -0.15) is 0 Å². The lowest BCUT2D eigenvalue weighted by molar-refractivity contribution is -0.142. The summed E-state index contributed by atoms with van der Waals surface area (Å²) in [5.41, 5.74) is 8.32. The molecule has 0 bridgehead atoms. The van der Waals surface area contributed by atoms with Crippen molar-refractivity contribution in [3.05, 3.63) is 54.2 Å². The molecule has 0 saturated heterocycles. The van der Waals surface area contributed by atoms with Gasteiger partial charge in [0.2, 0.25) is 17.7 Å². The van der Waals surface area contributed by atoms with Crippen molar-refractivity contribution in [1.29, 1.82) is 0 Å². The van der Waals surface area contributed by atoms with E-state index < -0.39 is 54.0 Å². The van der Waals surface area contributed by atoms with E-state index in [1.54, 1.807) is 6.20 Å². The molecule has 3 aromatic rings. The van der Waals surface area contributed by atoms with Crippen LogP contribution in [0.15, 0.2) is 43.0 Å².